The molecule has 1 atom stereocenters. The maximum absolute atomic E-state index is 14.7. The van der Waals surface area contributed by atoms with Crippen LogP contribution in [0.4, 0.5) is 27.8 Å². The van der Waals surface area contributed by atoms with E-state index in [-0.39, 0.29) is 16.7 Å². The SMILES string of the molecule is CN(C)c1ccc2c(=O)c(C(=O)NC(Cc3ccccc3)C(F)(F)F)cn(-c3ccc(F)cc3F)c2n1. The molecule has 2 aromatic carbocycles. The van der Waals surface area contributed by atoms with Crippen LogP contribution in [-0.4, -0.2) is 41.8 Å². The Morgan fingerprint density at radius 1 is 1.05 bits per heavy atom. The number of nitrogens with zero attached hydrogens (tertiary/aromatic N) is 3. The molecule has 0 aliphatic heterocycles. The number of rotatable bonds is 6. The zero-order chi connectivity index (χ0) is 26.9. The summed E-state index contributed by atoms with van der Waals surface area (Å²) in [5.41, 5.74) is -1.52. The summed E-state index contributed by atoms with van der Waals surface area (Å²) in [5.74, 6) is -2.79. The van der Waals surface area contributed by atoms with Gasteiger partial charge in [-0.3, -0.25) is 14.2 Å². The summed E-state index contributed by atoms with van der Waals surface area (Å²) >= 11 is 0. The molecule has 2 aromatic heterocycles. The Labute approximate surface area is 208 Å². The zero-order valence-corrected chi connectivity index (χ0v) is 19.7. The van der Waals surface area contributed by atoms with Gasteiger partial charge in [-0.1, -0.05) is 30.3 Å². The number of aromatic nitrogens is 2. The van der Waals surface area contributed by atoms with E-state index in [2.05, 4.69) is 4.98 Å². The standard InChI is InChI=1S/C26H21F5N4O2/c1-34(2)22-11-9-17-23(36)18(14-35(24(17)33-22)20-10-8-16(27)13-19(20)28)25(37)32-21(26(29,30)31)12-15-6-4-3-5-7-15/h3-11,13-14,21H,12H2,1-2H3,(H,32,37). The molecule has 0 aliphatic carbocycles. The highest BCUT2D eigenvalue weighted by molar-refractivity contribution is 5.97. The number of carbonyl (C=O) groups excluding carboxylic acids is 1. The average Bonchev–Trinajstić information content (AvgIpc) is 2.84. The van der Waals surface area contributed by atoms with Crippen LogP contribution in [0.2, 0.25) is 0 Å². The Morgan fingerprint density at radius 3 is 2.38 bits per heavy atom. The Morgan fingerprint density at radius 2 is 1.76 bits per heavy atom. The fourth-order valence-corrected chi connectivity index (χ4v) is 3.80. The highest BCUT2D eigenvalue weighted by Crippen LogP contribution is 2.25. The summed E-state index contributed by atoms with van der Waals surface area (Å²) < 4.78 is 70.7. The lowest BCUT2D eigenvalue weighted by Crippen LogP contribution is -2.47. The van der Waals surface area contributed by atoms with Gasteiger partial charge < -0.3 is 10.2 Å². The van der Waals surface area contributed by atoms with Gasteiger partial charge in [-0.15, -0.1) is 0 Å². The predicted octanol–water partition coefficient (Wildman–Crippen LogP) is 4.63. The highest BCUT2D eigenvalue weighted by atomic mass is 19.4. The summed E-state index contributed by atoms with van der Waals surface area (Å²) in [6.45, 7) is 0. The minimum Gasteiger partial charge on any atom is -0.363 e. The number of halogens is 5. The van der Waals surface area contributed by atoms with Gasteiger partial charge >= 0.3 is 6.18 Å². The molecule has 0 bridgehead atoms. The third kappa shape index (κ3) is 5.45. The second kappa shape index (κ2) is 10.00. The fourth-order valence-electron chi connectivity index (χ4n) is 3.80. The molecule has 0 saturated carbocycles. The van der Waals surface area contributed by atoms with E-state index < -0.39 is 47.2 Å². The average molecular weight is 516 g/mol. The van der Waals surface area contributed by atoms with E-state index in [4.69, 9.17) is 0 Å². The van der Waals surface area contributed by atoms with Crippen molar-refractivity contribution < 1.29 is 26.7 Å². The summed E-state index contributed by atoms with van der Waals surface area (Å²) in [6, 6.07) is 10.9. The van der Waals surface area contributed by atoms with E-state index >= 15 is 0 Å². The zero-order valence-electron chi connectivity index (χ0n) is 19.7. The predicted molar refractivity (Wildman–Crippen MR) is 129 cm³/mol. The van der Waals surface area contributed by atoms with Crippen LogP contribution in [0.5, 0.6) is 0 Å². The summed E-state index contributed by atoms with van der Waals surface area (Å²) in [5, 5.41) is 1.77. The van der Waals surface area contributed by atoms with Crippen molar-refractivity contribution in [2.75, 3.05) is 19.0 Å². The molecule has 4 rings (SSSR count). The van der Waals surface area contributed by atoms with Gasteiger partial charge in [0.25, 0.3) is 5.91 Å². The van der Waals surface area contributed by atoms with Crippen molar-refractivity contribution in [3.8, 4) is 5.69 Å². The minimum absolute atomic E-state index is 0.0603. The van der Waals surface area contributed by atoms with Crippen LogP contribution in [0, 0.1) is 11.6 Å². The van der Waals surface area contributed by atoms with E-state index in [1.54, 1.807) is 37.2 Å². The molecule has 0 radical (unpaired) electrons. The van der Waals surface area contributed by atoms with Crippen molar-refractivity contribution in [1.82, 2.24) is 14.9 Å². The monoisotopic (exact) mass is 516 g/mol. The Bertz CT molecular complexity index is 1520. The fraction of sp³-hybridized carbons (Fsp3) is 0.192. The molecule has 0 aliphatic rings. The summed E-state index contributed by atoms with van der Waals surface area (Å²) in [6.07, 6.45) is -4.45. The molecule has 1 amide bonds. The summed E-state index contributed by atoms with van der Waals surface area (Å²) in [4.78, 5) is 32.2. The maximum Gasteiger partial charge on any atom is 0.408 e. The van der Waals surface area contributed by atoms with Gasteiger partial charge in [0.05, 0.1) is 11.1 Å². The second-order valence-electron chi connectivity index (χ2n) is 8.53. The first-order valence-electron chi connectivity index (χ1n) is 11.1. The van der Waals surface area contributed by atoms with Crippen molar-refractivity contribution in [2.24, 2.45) is 0 Å². The maximum atomic E-state index is 14.7. The van der Waals surface area contributed by atoms with E-state index in [1.165, 1.54) is 24.3 Å². The summed E-state index contributed by atoms with van der Waals surface area (Å²) in [7, 11) is 3.36. The van der Waals surface area contributed by atoms with Crippen molar-refractivity contribution in [3.63, 3.8) is 0 Å². The number of pyridine rings is 2. The number of hydrogen-bond acceptors (Lipinski definition) is 4. The molecule has 2 heterocycles. The van der Waals surface area contributed by atoms with Gasteiger partial charge in [0.2, 0.25) is 5.43 Å². The largest absolute Gasteiger partial charge is 0.408 e. The molecule has 11 heteroatoms. The van der Waals surface area contributed by atoms with E-state index in [1.807, 2.05) is 5.32 Å². The van der Waals surface area contributed by atoms with E-state index in [0.717, 1.165) is 22.9 Å². The van der Waals surface area contributed by atoms with Crippen LogP contribution >= 0.6 is 0 Å². The van der Waals surface area contributed by atoms with Crippen molar-refractivity contribution in [2.45, 2.75) is 18.6 Å². The quantitative estimate of drug-likeness (QED) is 0.380. The molecule has 4 aromatic rings. The second-order valence-corrected chi connectivity index (χ2v) is 8.53. The molecule has 6 nitrogen and oxygen atoms in total. The first-order valence-corrected chi connectivity index (χ1v) is 11.1. The molecule has 0 spiro atoms. The minimum atomic E-state index is -4.81. The van der Waals surface area contributed by atoms with Crippen LogP contribution in [0.3, 0.4) is 0 Å². The Hall–Kier alpha value is -4.28. The molecule has 37 heavy (non-hydrogen) atoms. The lowest BCUT2D eigenvalue weighted by atomic mass is 10.0. The lowest BCUT2D eigenvalue weighted by molar-refractivity contribution is -0.153. The molecular weight excluding hydrogens is 495 g/mol. The van der Waals surface area contributed by atoms with Crippen LogP contribution in [-0.2, 0) is 6.42 Å². The van der Waals surface area contributed by atoms with Gasteiger partial charge in [-0.25, -0.2) is 13.8 Å². The number of fused-ring (bicyclic) bond motifs is 1. The smallest absolute Gasteiger partial charge is 0.363 e. The Balaban J connectivity index is 1.85. The van der Waals surface area contributed by atoms with Crippen LogP contribution in [0.1, 0.15) is 15.9 Å². The number of hydrogen-bond donors (Lipinski definition) is 1. The number of benzene rings is 2. The lowest BCUT2D eigenvalue weighted by Gasteiger charge is -2.22. The highest BCUT2D eigenvalue weighted by Gasteiger charge is 2.41. The van der Waals surface area contributed by atoms with E-state index in [0.29, 0.717) is 17.4 Å². The number of alkyl halides is 3. The first kappa shape index (κ1) is 25.8. The van der Waals surface area contributed by atoms with Gasteiger partial charge in [0.1, 0.15) is 29.1 Å². The topological polar surface area (TPSA) is 67.2 Å². The molecule has 0 saturated heterocycles. The van der Waals surface area contributed by atoms with E-state index in [9.17, 15) is 31.5 Å². The molecule has 192 valence electrons. The third-order valence-electron chi connectivity index (χ3n) is 5.69. The van der Waals surface area contributed by atoms with Gasteiger partial charge in [0.15, 0.2) is 5.65 Å². The number of carbonyl (C=O) groups is 1. The molecule has 0 fully saturated rings. The first-order chi connectivity index (χ1) is 17.5. The van der Waals surface area contributed by atoms with Gasteiger partial charge in [-0.2, -0.15) is 13.2 Å². The van der Waals surface area contributed by atoms with Crippen LogP contribution in [0.15, 0.2) is 71.7 Å². The normalized spacial score (nSPS) is 12.4. The number of amides is 1. The third-order valence-corrected chi connectivity index (χ3v) is 5.69. The van der Waals surface area contributed by atoms with Gasteiger partial charge in [-0.05, 0) is 29.8 Å². The van der Waals surface area contributed by atoms with Crippen molar-refractivity contribution >= 4 is 22.8 Å². The van der Waals surface area contributed by atoms with Crippen molar-refractivity contribution in [3.05, 3.63) is 99.8 Å². The molecule has 1 unspecified atom stereocenters. The van der Waals surface area contributed by atoms with Crippen LogP contribution < -0.4 is 15.6 Å². The molecular formula is C26H21F5N4O2. The Kier molecular flexibility index (Phi) is 6.97. The molecule has 1 N–H and O–H groups in total. The number of nitrogens with one attached hydrogen (secondary N) is 1. The van der Waals surface area contributed by atoms with Gasteiger partial charge in [0, 0.05) is 32.8 Å². The van der Waals surface area contributed by atoms with Crippen molar-refractivity contribution in [1.29, 1.82) is 0 Å². The van der Waals surface area contributed by atoms with Crippen LogP contribution in [0.25, 0.3) is 16.7 Å². The number of anilines is 1.